The Morgan fingerprint density at radius 2 is 2.38 bits per heavy atom. The lowest BCUT2D eigenvalue weighted by atomic mass is 9.96. The molecule has 1 aromatic rings. The summed E-state index contributed by atoms with van der Waals surface area (Å²) in [5.74, 6) is 0.664. The van der Waals surface area contributed by atoms with Gasteiger partial charge in [-0.25, -0.2) is 4.98 Å². The highest BCUT2D eigenvalue weighted by Crippen LogP contribution is 2.23. The number of nitrogens with zero attached hydrogens (tertiary/aromatic N) is 2. The summed E-state index contributed by atoms with van der Waals surface area (Å²) in [6.45, 7) is 2.88. The minimum atomic E-state index is -0.215. The van der Waals surface area contributed by atoms with E-state index in [4.69, 9.17) is 5.11 Å². The molecule has 90 valence electrons. The van der Waals surface area contributed by atoms with E-state index in [9.17, 15) is 4.39 Å². The molecular weight excluding hydrogens is 227 g/mol. The molecule has 1 fully saturated rings. The Balaban J connectivity index is 1.69. The van der Waals surface area contributed by atoms with Gasteiger partial charge in [0.25, 0.3) is 0 Å². The second-order valence-corrected chi connectivity index (χ2v) is 5.45. The van der Waals surface area contributed by atoms with Crippen molar-refractivity contribution in [1.29, 1.82) is 0 Å². The summed E-state index contributed by atoms with van der Waals surface area (Å²) in [6, 6.07) is 0. The van der Waals surface area contributed by atoms with E-state index in [1.165, 1.54) is 0 Å². The van der Waals surface area contributed by atoms with Gasteiger partial charge in [-0.3, -0.25) is 4.39 Å². The van der Waals surface area contributed by atoms with Crippen molar-refractivity contribution in [3.8, 4) is 0 Å². The van der Waals surface area contributed by atoms with Gasteiger partial charge in [0.05, 0.1) is 23.2 Å². The largest absolute Gasteiger partial charge is 0.391 e. The van der Waals surface area contributed by atoms with Crippen LogP contribution in [0.3, 0.4) is 0 Å². The SMILES string of the molecule is OCc1cnc(CC2CN(CCCF)C2)s1. The third kappa shape index (κ3) is 2.99. The first kappa shape index (κ1) is 12.0. The van der Waals surface area contributed by atoms with Crippen LogP contribution in [0, 0.1) is 5.92 Å². The van der Waals surface area contributed by atoms with Gasteiger partial charge in [-0.2, -0.15) is 0 Å². The molecule has 0 saturated carbocycles. The maximum atomic E-state index is 11.9. The number of aliphatic hydroxyl groups excluding tert-OH is 1. The maximum Gasteiger partial charge on any atom is 0.0932 e. The Bertz CT molecular complexity index is 326. The van der Waals surface area contributed by atoms with Gasteiger partial charge in [-0.1, -0.05) is 0 Å². The van der Waals surface area contributed by atoms with Gasteiger partial charge in [0, 0.05) is 32.3 Å². The summed E-state index contributed by atoms with van der Waals surface area (Å²) in [7, 11) is 0. The van der Waals surface area contributed by atoms with Crippen LogP contribution < -0.4 is 0 Å². The predicted octanol–water partition coefficient (Wildman–Crippen LogP) is 1.47. The minimum Gasteiger partial charge on any atom is -0.391 e. The summed E-state index contributed by atoms with van der Waals surface area (Å²) in [6.07, 6.45) is 3.40. The molecule has 1 saturated heterocycles. The van der Waals surface area contributed by atoms with Gasteiger partial charge in [0.15, 0.2) is 0 Å². The van der Waals surface area contributed by atoms with Crippen LogP contribution >= 0.6 is 11.3 Å². The molecule has 1 aliphatic heterocycles. The number of alkyl halides is 1. The molecule has 1 N–H and O–H groups in total. The molecule has 2 heterocycles. The number of aliphatic hydroxyl groups is 1. The van der Waals surface area contributed by atoms with Crippen LogP contribution in [-0.2, 0) is 13.0 Å². The number of hydrogen-bond acceptors (Lipinski definition) is 4. The molecule has 0 aliphatic carbocycles. The second-order valence-electron chi connectivity index (χ2n) is 4.25. The van der Waals surface area contributed by atoms with Crippen LogP contribution in [-0.4, -0.2) is 41.3 Å². The molecule has 0 atom stereocenters. The molecule has 1 aliphatic rings. The van der Waals surface area contributed by atoms with Gasteiger partial charge in [0.2, 0.25) is 0 Å². The average Bonchev–Trinajstić information content (AvgIpc) is 2.69. The Hall–Kier alpha value is -0.520. The highest BCUT2D eigenvalue weighted by Gasteiger charge is 2.26. The molecular formula is C11H17FN2OS. The fourth-order valence-electron chi connectivity index (χ4n) is 2.03. The highest BCUT2D eigenvalue weighted by molar-refractivity contribution is 7.11. The van der Waals surface area contributed by atoms with Crippen LogP contribution in [0.25, 0.3) is 0 Å². The van der Waals surface area contributed by atoms with Crippen molar-refractivity contribution in [2.75, 3.05) is 26.3 Å². The summed E-state index contributed by atoms with van der Waals surface area (Å²) in [4.78, 5) is 7.49. The maximum absolute atomic E-state index is 11.9. The number of thiazole rings is 1. The molecule has 3 nitrogen and oxygen atoms in total. The lowest BCUT2D eigenvalue weighted by Crippen LogP contribution is -2.47. The van der Waals surface area contributed by atoms with E-state index in [0.717, 1.165) is 35.9 Å². The van der Waals surface area contributed by atoms with Crippen molar-refractivity contribution in [2.45, 2.75) is 19.4 Å². The third-order valence-corrected chi connectivity index (χ3v) is 3.87. The second kappa shape index (κ2) is 5.70. The van der Waals surface area contributed by atoms with Crippen molar-refractivity contribution in [2.24, 2.45) is 5.92 Å². The zero-order valence-electron chi connectivity index (χ0n) is 9.23. The number of aromatic nitrogens is 1. The predicted molar refractivity (Wildman–Crippen MR) is 62.3 cm³/mol. The average molecular weight is 244 g/mol. The van der Waals surface area contributed by atoms with Gasteiger partial charge >= 0.3 is 0 Å². The molecule has 0 aromatic carbocycles. The first-order chi connectivity index (χ1) is 7.81. The molecule has 5 heteroatoms. The Kier molecular flexibility index (Phi) is 4.26. The smallest absolute Gasteiger partial charge is 0.0932 e. The molecule has 2 rings (SSSR count). The fourth-order valence-corrected chi connectivity index (χ4v) is 2.93. The van der Waals surface area contributed by atoms with E-state index in [2.05, 4.69) is 9.88 Å². The number of rotatable bonds is 6. The van der Waals surface area contributed by atoms with Crippen molar-refractivity contribution >= 4 is 11.3 Å². The van der Waals surface area contributed by atoms with E-state index in [1.807, 2.05) is 0 Å². The van der Waals surface area contributed by atoms with Crippen molar-refractivity contribution in [3.05, 3.63) is 16.1 Å². The fraction of sp³-hybridized carbons (Fsp3) is 0.727. The van der Waals surface area contributed by atoms with Crippen LogP contribution in [0.1, 0.15) is 16.3 Å². The molecule has 0 bridgehead atoms. The quantitative estimate of drug-likeness (QED) is 0.823. The van der Waals surface area contributed by atoms with E-state index in [1.54, 1.807) is 17.5 Å². The number of halogens is 1. The van der Waals surface area contributed by atoms with E-state index in [0.29, 0.717) is 12.3 Å². The van der Waals surface area contributed by atoms with Crippen molar-refractivity contribution < 1.29 is 9.50 Å². The minimum absolute atomic E-state index is 0.0883. The highest BCUT2D eigenvalue weighted by atomic mass is 32.1. The zero-order valence-corrected chi connectivity index (χ0v) is 10.0. The zero-order chi connectivity index (χ0) is 11.4. The summed E-state index contributed by atoms with van der Waals surface area (Å²) in [5.41, 5.74) is 0. The van der Waals surface area contributed by atoms with Crippen LogP contribution in [0.5, 0.6) is 0 Å². The molecule has 0 unspecified atom stereocenters. The van der Waals surface area contributed by atoms with Crippen LogP contribution in [0.4, 0.5) is 4.39 Å². The molecule has 1 aromatic heterocycles. The van der Waals surface area contributed by atoms with E-state index >= 15 is 0 Å². The van der Waals surface area contributed by atoms with Gasteiger partial charge in [0.1, 0.15) is 0 Å². The lowest BCUT2D eigenvalue weighted by Gasteiger charge is -2.38. The topological polar surface area (TPSA) is 36.4 Å². The molecule has 0 radical (unpaired) electrons. The normalized spacial score (nSPS) is 17.6. The third-order valence-electron chi connectivity index (χ3n) is 2.86. The van der Waals surface area contributed by atoms with Crippen LogP contribution in [0.15, 0.2) is 6.20 Å². The Morgan fingerprint density at radius 1 is 1.56 bits per heavy atom. The van der Waals surface area contributed by atoms with Gasteiger partial charge in [-0.15, -0.1) is 11.3 Å². The number of likely N-dealkylation sites (tertiary alicyclic amines) is 1. The van der Waals surface area contributed by atoms with E-state index in [-0.39, 0.29) is 13.3 Å². The van der Waals surface area contributed by atoms with Gasteiger partial charge < -0.3 is 10.0 Å². The summed E-state index contributed by atoms with van der Waals surface area (Å²) >= 11 is 1.59. The van der Waals surface area contributed by atoms with Gasteiger partial charge in [-0.05, 0) is 12.3 Å². The molecule has 0 spiro atoms. The monoisotopic (exact) mass is 244 g/mol. The first-order valence-corrected chi connectivity index (χ1v) is 6.46. The summed E-state index contributed by atoms with van der Waals surface area (Å²) in [5, 5.41) is 10.0. The molecule has 0 amide bonds. The Morgan fingerprint density at radius 3 is 3.00 bits per heavy atom. The Labute approximate surface area is 98.9 Å². The first-order valence-electron chi connectivity index (χ1n) is 5.64. The summed E-state index contributed by atoms with van der Waals surface area (Å²) < 4.78 is 11.9. The standard InChI is InChI=1S/C11H17FN2OS/c12-2-1-3-14-6-9(7-14)4-11-13-5-10(8-15)16-11/h5,9,15H,1-4,6-8H2. The van der Waals surface area contributed by atoms with Crippen molar-refractivity contribution in [1.82, 2.24) is 9.88 Å². The van der Waals surface area contributed by atoms with E-state index < -0.39 is 0 Å². The number of hydrogen-bond donors (Lipinski definition) is 1. The molecule has 16 heavy (non-hydrogen) atoms. The van der Waals surface area contributed by atoms with Crippen molar-refractivity contribution in [3.63, 3.8) is 0 Å². The lowest BCUT2D eigenvalue weighted by molar-refractivity contribution is 0.0968. The van der Waals surface area contributed by atoms with Crippen LogP contribution in [0.2, 0.25) is 0 Å².